The first kappa shape index (κ1) is 17.0. The first-order valence-corrected chi connectivity index (χ1v) is 7.27. The quantitative estimate of drug-likeness (QED) is 0.873. The summed E-state index contributed by atoms with van der Waals surface area (Å²) >= 11 is 0. The molecule has 0 aliphatic rings. The Hall–Kier alpha value is -2.40. The van der Waals surface area contributed by atoms with E-state index in [1.54, 1.807) is 25.1 Å². The van der Waals surface area contributed by atoms with Gasteiger partial charge >= 0.3 is 5.97 Å². The Balaban J connectivity index is 2.66. The van der Waals surface area contributed by atoms with Gasteiger partial charge in [0.2, 0.25) is 0 Å². The van der Waals surface area contributed by atoms with Crippen LogP contribution in [0.3, 0.4) is 0 Å². The van der Waals surface area contributed by atoms with E-state index in [2.05, 4.69) is 0 Å². The van der Waals surface area contributed by atoms with Gasteiger partial charge in [0.05, 0.1) is 19.3 Å². The molecule has 0 atom stereocenters. The summed E-state index contributed by atoms with van der Waals surface area (Å²) in [6.07, 6.45) is 0. The Morgan fingerprint density at radius 1 is 1.22 bits per heavy atom. The van der Waals surface area contributed by atoms with E-state index in [-0.39, 0.29) is 12.2 Å². The molecule has 122 valence electrons. The zero-order chi connectivity index (χ0) is 17.0. The Bertz CT molecular complexity index is 725. The molecule has 2 aromatic rings. The fourth-order valence-corrected chi connectivity index (χ4v) is 2.47. The van der Waals surface area contributed by atoms with Crippen LogP contribution in [-0.2, 0) is 11.3 Å². The lowest BCUT2D eigenvalue weighted by Gasteiger charge is -2.16. The van der Waals surface area contributed by atoms with Gasteiger partial charge in [-0.15, -0.1) is 0 Å². The minimum atomic E-state index is -1.02. The van der Waals surface area contributed by atoms with E-state index in [0.717, 1.165) is 0 Å². The molecule has 5 heteroatoms. The molecular weight excluding hydrogens is 299 g/mol. The Morgan fingerprint density at radius 2 is 1.96 bits per heavy atom. The minimum Gasteiger partial charge on any atom is -0.497 e. The van der Waals surface area contributed by atoms with Crippen LogP contribution in [0.15, 0.2) is 30.3 Å². The maximum atomic E-state index is 14.3. The van der Waals surface area contributed by atoms with Crippen molar-refractivity contribution in [2.75, 3.05) is 13.7 Å². The van der Waals surface area contributed by atoms with Crippen molar-refractivity contribution >= 4 is 5.97 Å². The second-order valence-corrected chi connectivity index (χ2v) is 5.05. The summed E-state index contributed by atoms with van der Waals surface area (Å²) in [5.41, 5.74) is 2.40. The van der Waals surface area contributed by atoms with Crippen molar-refractivity contribution in [2.24, 2.45) is 0 Å². The molecule has 0 spiro atoms. The summed E-state index contributed by atoms with van der Waals surface area (Å²) in [5.74, 6) is -0.882. The van der Waals surface area contributed by atoms with Crippen LogP contribution in [0.25, 0.3) is 11.1 Å². The average molecular weight is 318 g/mol. The van der Waals surface area contributed by atoms with Gasteiger partial charge in [0.25, 0.3) is 0 Å². The lowest BCUT2D eigenvalue weighted by atomic mass is 9.92. The van der Waals surface area contributed by atoms with E-state index in [4.69, 9.17) is 9.47 Å². The fraction of sp³-hybridized carbons (Fsp3) is 0.278. The maximum Gasteiger partial charge on any atom is 0.335 e. The van der Waals surface area contributed by atoms with Crippen molar-refractivity contribution < 1.29 is 23.8 Å². The van der Waals surface area contributed by atoms with E-state index in [1.165, 1.54) is 19.2 Å². The van der Waals surface area contributed by atoms with Crippen LogP contribution in [0.1, 0.15) is 28.4 Å². The van der Waals surface area contributed by atoms with Gasteiger partial charge in [-0.2, -0.15) is 0 Å². The monoisotopic (exact) mass is 318 g/mol. The SMILES string of the molecule is CCOCc1c(-c2cc(OC)ccc2F)ccc(C(=O)O)c1C. The molecule has 0 bridgehead atoms. The number of methoxy groups -OCH3 is 1. The molecule has 0 saturated heterocycles. The topological polar surface area (TPSA) is 55.8 Å². The van der Waals surface area contributed by atoms with Crippen molar-refractivity contribution in [3.63, 3.8) is 0 Å². The molecule has 0 heterocycles. The lowest BCUT2D eigenvalue weighted by molar-refractivity contribution is 0.0695. The third-order valence-electron chi connectivity index (χ3n) is 3.74. The number of hydrogen-bond acceptors (Lipinski definition) is 3. The average Bonchev–Trinajstić information content (AvgIpc) is 2.53. The van der Waals surface area contributed by atoms with Gasteiger partial charge in [-0.25, -0.2) is 9.18 Å². The molecule has 0 fully saturated rings. The summed E-state index contributed by atoms with van der Waals surface area (Å²) in [6.45, 7) is 4.26. The number of carboxylic acid groups (broad SMARTS) is 1. The molecule has 0 aromatic heterocycles. The predicted octanol–water partition coefficient (Wildman–Crippen LogP) is 4.04. The highest BCUT2D eigenvalue weighted by molar-refractivity contribution is 5.91. The molecule has 0 amide bonds. The molecular formula is C18H19FO4. The molecule has 2 aromatic carbocycles. The Labute approximate surface area is 134 Å². The van der Waals surface area contributed by atoms with Gasteiger partial charge in [-0.05, 0) is 54.8 Å². The highest BCUT2D eigenvalue weighted by Gasteiger charge is 2.18. The molecule has 23 heavy (non-hydrogen) atoms. The summed E-state index contributed by atoms with van der Waals surface area (Å²) in [5, 5.41) is 9.28. The number of ether oxygens (including phenoxy) is 2. The minimum absolute atomic E-state index is 0.187. The molecule has 0 unspecified atom stereocenters. The first-order chi connectivity index (χ1) is 11.0. The van der Waals surface area contributed by atoms with Crippen molar-refractivity contribution in [1.82, 2.24) is 0 Å². The highest BCUT2D eigenvalue weighted by Crippen LogP contribution is 2.33. The normalized spacial score (nSPS) is 10.6. The van der Waals surface area contributed by atoms with Crippen LogP contribution in [0.4, 0.5) is 4.39 Å². The molecule has 1 N–H and O–H groups in total. The van der Waals surface area contributed by atoms with Crippen molar-refractivity contribution in [3.05, 3.63) is 52.8 Å². The standard InChI is InChI=1S/C18H19FO4/c1-4-23-10-16-11(2)13(18(20)21)6-7-14(16)15-9-12(22-3)5-8-17(15)19/h5-9H,4,10H2,1-3H3,(H,20,21). The summed E-state index contributed by atoms with van der Waals surface area (Å²) < 4.78 is 24.9. The number of halogens is 1. The number of rotatable bonds is 6. The molecule has 2 rings (SSSR count). The van der Waals surface area contributed by atoms with E-state index >= 15 is 0 Å². The zero-order valence-electron chi connectivity index (χ0n) is 13.4. The van der Waals surface area contributed by atoms with Crippen LogP contribution in [0.5, 0.6) is 5.75 Å². The second kappa shape index (κ2) is 7.24. The smallest absolute Gasteiger partial charge is 0.335 e. The van der Waals surface area contributed by atoms with Gasteiger partial charge in [0.1, 0.15) is 11.6 Å². The first-order valence-electron chi connectivity index (χ1n) is 7.27. The van der Waals surface area contributed by atoms with Crippen LogP contribution in [0.2, 0.25) is 0 Å². The van der Waals surface area contributed by atoms with E-state index in [0.29, 0.717) is 34.6 Å². The van der Waals surface area contributed by atoms with Crippen LogP contribution >= 0.6 is 0 Å². The number of hydrogen-bond donors (Lipinski definition) is 1. The zero-order valence-corrected chi connectivity index (χ0v) is 13.4. The number of aromatic carboxylic acids is 1. The third kappa shape index (κ3) is 3.51. The largest absolute Gasteiger partial charge is 0.497 e. The molecule has 0 radical (unpaired) electrons. The lowest BCUT2D eigenvalue weighted by Crippen LogP contribution is -2.06. The van der Waals surface area contributed by atoms with Crippen molar-refractivity contribution in [1.29, 1.82) is 0 Å². The van der Waals surface area contributed by atoms with Gasteiger partial charge in [-0.3, -0.25) is 0 Å². The Morgan fingerprint density at radius 3 is 2.57 bits per heavy atom. The summed E-state index contributed by atoms with van der Waals surface area (Å²) in [4.78, 5) is 11.3. The molecule has 0 saturated carbocycles. The van der Waals surface area contributed by atoms with E-state index in [1.807, 2.05) is 6.92 Å². The third-order valence-corrected chi connectivity index (χ3v) is 3.74. The summed E-state index contributed by atoms with van der Waals surface area (Å²) in [6, 6.07) is 7.57. The predicted molar refractivity (Wildman–Crippen MR) is 85.4 cm³/mol. The van der Waals surface area contributed by atoms with Gasteiger partial charge < -0.3 is 14.6 Å². The van der Waals surface area contributed by atoms with Gasteiger partial charge in [0.15, 0.2) is 0 Å². The van der Waals surface area contributed by atoms with E-state index in [9.17, 15) is 14.3 Å². The number of carbonyl (C=O) groups is 1. The summed E-state index contributed by atoms with van der Waals surface area (Å²) in [7, 11) is 1.51. The van der Waals surface area contributed by atoms with Crippen LogP contribution in [0, 0.1) is 12.7 Å². The Kier molecular flexibility index (Phi) is 5.34. The highest BCUT2D eigenvalue weighted by atomic mass is 19.1. The number of carboxylic acids is 1. The van der Waals surface area contributed by atoms with Crippen LogP contribution < -0.4 is 4.74 Å². The van der Waals surface area contributed by atoms with Crippen molar-refractivity contribution in [3.8, 4) is 16.9 Å². The second-order valence-electron chi connectivity index (χ2n) is 5.05. The van der Waals surface area contributed by atoms with Crippen molar-refractivity contribution in [2.45, 2.75) is 20.5 Å². The molecule has 0 aliphatic carbocycles. The molecule has 0 aliphatic heterocycles. The van der Waals surface area contributed by atoms with Crippen LogP contribution in [-0.4, -0.2) is 24.8 Å². The number of benzene rings is 2. The van der Waals surface area contributed by atoms with E-state index < -0.39 is 11.8 Å². The van der Waals surface area contributed by atoms with Gasteiger partial charge in [0, 0.05) is 12.2 Å². The molecule has 4 nitrogen and oxygen atoms in total. The fourth-order valence-electron chi connectivity index (χ4n) is 2.47. The van der Waals surface area contributed by atoms with Gasteiger partial charge in [-0.1, -0.05) is 6.07 Å². The maximum absolute atomic E-state index is 14.3.